The molecule has 2 aliphatic rings. The standard InChI is InChI=1S/C22H18O10.C21H26ClNO.C4H4O4/c23-11-6-14(25)12-8-19(32-22(30)10-4-16(27)20(29)17(28)5-10)21(31-18(12)7-11)9-1-2-13(24)15(26)3-9;1-21(17-7-4-3-5-8-17,18-10-12-19(22)13-11-18)24-16-14-20-9-6-15-23(20)2;5-3(6)1-2-4(7)8/h1-7,19,21,23-29H,8H2;3-5,7-8,10-13,20H,6,9,14-16H2,1-2H3;1-2H,(H,5,6)(H,7,8). The van der Waals surface area contributed by atoms with Crippen LogP contribution >= 0.6 is 11.6 Å². The summed E-state index contributed by atoms with van der Waals surface area (Å²) in [4.78, 5) is 34.3. The number of aromatic hydroxyl groups is 7. The number of nitrogens with zero attached hydrogens (tertiary/aromatic N) is 1. The van der Waals surface area contributed by atoms with Crippen molar-refractivity contribution in [3.8, 4) is 46.0 Å². The lowest BCUT2D eigenvalue weighted by atomic mass is 9.88. The van der Waals surface area contributed by atoms with E-state index in [1.54, 1.807) is 0 Å². The lowest BCUT2D eigenvalue weighted by molar-refractivity contribution is -0.134. The summed E-state index contributed by atoms with van der Waals surface area (Å²) in [6, 6.07) is 27.2. The minimum Gasteiger partial charge on any atom is -0.508 e. The van der Waals surface area contributed by atoms with Gasteiger partial charge in [-0.2, -0.15) is 0 Å². The number of fused-ring (bicyclic) bond motifs is 1. The number of carbonyl (C=O) groups is 3. The molecule has 9 N–H and O–H groups in total. The van der Waals surface area contributed by atoms with E-state index in [1.807, 2.05) is 18.2 Å². The maximum atomic E-state index is 12.7. The van der Waals surface area contributed by atoms with Crippen LogP contribution in [0.2, 0.25) is 5.02 Å². The van der Waals surface area contributed by atoms with E-state index in [1.165, 1.54) is 49.2 Å². The van der Waals surface area contributed by atoms with Crippen molar-refractivity contribution in [1.29, 1.82) is 0 Å². The van der Waals surface area contributed by atoms with E-state index in [-0.39, 0.29) is 40.5 Å². The van der Waals surface area contributed by atoms with Gasteiger partial charge in [0.2, 0.25) is 0 Å². The molecule has 5 aromatic rings. The topological polar surface area (TPSA) is 264 Å². The maximum Gasteiger partial charge on any atom is 0.338 e. The predicted octanol–water partition coefficient (Wildman–Crippen LogP) is 7.34. The van der Waals surface area contributed by atoms with Crippen LogP contribution in [0.4, 0.5) is 0 Å². The van der Waals surface area contributed by atoms with Crippen LogP contribution in [0.15, 0.2) is 109 Å². The van der Waals surface area contributed by atoms with Crippen molar-refractivity contribution < 1.29 is 74.6 Å². The molecular formula is C47H48ClNO15. The summed E-state index contributed by atoms with van der Waals surface area (Å²) in [5, 5.41) is 84.6. The smallest absolute Gasteiger partial charge is 0.338 e. The molecule has 2 heterocycles. The van der Waals surface area contributed by atoms with Crippen LogP contribution in [0.1, 0.15) is 64.9 Å². The number of aliphatic carboxylic acids is 2. The summed E-state index contributed by atoms with van der Waals surface area (Å²) in [5.41, 5.74) is 2.18. The number of phenolic OH excluding ortho intramolecular Hbond substituents is 7. The predicted molar refractivity (Wildman–Crippen MR) is 232 cm³/mol. The second-order valence-corrected chi connectivity index (χ2v) is 15.5. The fourth-order valence-electron chi connectivity index (χ4n) is 7.22. The second kappa shape index (κ2) is 21.3. The Hall–Kier alpha value is -7.14. The lowest BCUT2D eigenvalue weighted by Crippen LogP contribution is -2.34. The lowest BCUT2D eigenvalue weighted by Gasteiger charge is -2.34. The van der Waals surface area contributed by atoms with Gasteiger partial charge in [-0.3, -0.25) is 0 Å². The van der Waals surface area contributed by atoms with Crippen molar-refractivity contribution in [3.63, 3.8) is 0 Å². The highest BCUT2D eigenvalue weighted by molar-refractivity contribution is 6.30. The van der Waals surface area contributed by atoms with Gasteiger partial charge in [-0.25, -0.2) is 14.4 Å². The molecule has 0 aromatic heterocycles. The van der Waals surface area contributed by atoms with Gasteiger partial charge in [0.05, 0.1) is 5.56 Å². The van der Waals surface area contributed by atoms with E-state index in [4.69, 9.17) is 36.0 Å². The molecule has 0 bridgehead atoms. The number of carboxylic acid groups (broad SMARTS) is 2. The first-order chi connectivity index (χ1) is 30.4. The quantitative estimate of drug-likeness (QED) is 0.0356. The van der Waals surface area contributed by atoms with Crippen LogP contribution in [0, 0.1) is 0 Å². The van der Waals surface area contributed by atoms with Gasteiger partial charge in [0.1, 0.15) is 29.0 Å². The molecule has 0 spiro atoms. The number of phenols is 7. The fourth-order valence-corrected chi connectivity index (χ4v) is 7.35. The molecule has 7 rings (SSSR count). The number of rotatable bonds is 11. The van der Waals surface area contributed by atoms with Crippen molar-refractivity contribution in [1.82, 2.24) is 4.90 Å². The molecule has 4 unspecified atom stereocenters. The largest absolute Gasteiger partial charge is 0.508 e. The molecule has 338 valence electrons. The summed E-state index contributed by atoms with van der Waals surface area (Å²) in [6.07, 6.45) is 2.65. The average molecular weight is 902 g/mol. The van der Waals surface area contributed by atoms with Gasteiger partial charge >= 0.3 is 17.9 Å². The van der Waals surface area contributed by atoms with E-state index in [9.17, 15) is 50.1 Å². The number of esters is 1. The third-order valence-electron chi connectivity index (χ3n) is 10.7. The normalized spacial score (nSPS) is 17.6. The SMILES string of the molecule is CN1CCCC1CCOC(C)(c1ccccc1)c1ccc(Cl)cc1.O=C(O)C=CC(=O)O.O=C(OC1Cc2c(O)cc(O)cc2OC1c1ccc(O)c(O)c1)c1cc(O)c(O)c(O)c1. The van der Waals surface area contributed by atoms with E-state index in [2.05, 4.69) is 55.3 Å². The highest BCUT2D eigenvalue weighted by Gasteiger charge is 2.37. The number of benzene rings is 5. The summed E-state index contributed by atoms with van der Waals surface area (Å²) >= 11 is 6.07. The Morgan fingerprint density at radius 3 is 1.98 bits per heavy atom. The zero-order chi connectivity index (χ0) is 46.7. The van der Waals surface area contributed by atoms with E-state index >= 15 is 0 Å². The number of hydrogen-bond donors (Lipinski definition) is 9. The molecule has 0 saturated carbocycles. The zero-order valence-corrected chi connectivity index (χ0v) is 35.4. The number of halogens is 1. The van der Waals surface area contributed by atoms with Crippen LogP contribution in [0.25, 0.3) is 0 Å². The maximum absolute atomic E-state index is 12.7. The van der Waals surface area contributed by atoms with Gasteiger partial charge < -0.3 is 65.1 Å². The van der Waals surface area contributed by atoms with Crippen molar-refractivity contribution in [2.45, 2.75) is 56.5 Å². The first-order valence-electron chi connectivity index (χ1n) is 19.8. The number of ether oxygens (including phenoxy) is 3. The molecule has 0 radical (unpaired) electrons. The Balaban J connectivity index is 0.000000212. The van der Waals surface area contributed by atoms with Crippen LogP contribution in [0.3, 0.4) is 0 Å². The van der Waals surface area contributed by atoms with Crippen LogP contribution in [-0.2, 0) is 31.1 Å². The van der Waals surface area contributed by atoms with Crippen LogP contribution in [-0.4, -0.2) is 101 Å². The van der Waals surface area contributed by atoms with E-state index in [0.717, 1.165) is 41.8 Å². The molecule has 64 heavy (non-hydrogen) atoms. The third kappa shape index (κ3) is 12.3. The molecule has 1 saturated heterocycles. The minimum atomic E-state index is -1.26. The Kier molecular flexibility index (Phi) is 15.9. The Morgan fingerprint density at radius 1 is 0.781 bits per heavy atom. The van der Waals surface area contributed by atoms with Gasteiger partial charge in [-0.05, 0) is 87.3 Å². The molecule has 0 amide bonds. The number of likely N-dealkylation sites (tertiary alicyclic amines) is 1. The van der Waals surface area contributed by atoms with Crippen molar-refractivity contribution >= 4 is 29.5 Å². The summed E-state index contributed by atoms with van der Waals surface area (Å²) in [5.74, 6) is -6.94. The number of carbonyl (C=O) groups excluding carboxylic acids is 1. The monoisotopic (exact) mass is 901 g/mol. The van der Waals surface area contributed by atoms with Gasteiger partial charge in [0.15, 0.2) is 34.9 Å². The Bertz CT molecular complexity index is 2420. The number of hydrogen-bond acceptors (Lipinski definition) is 14. The average Bonchev–Trinajstić information content (AvgIpc) is 3.67. The highest BCUT2D eigenvalue weighted by Crippen LogP contribution is 2.44. The van der Waals surface area contributed by atoms with Crippen LogP contribution in [0.5, 0.6) is 46.0 Å². The van der Waals surface area contributed by atoms with Crippen molar-refractivity contribution in [2.75, 3.05) is 20.2 Å². The van der Waals surface area contributed by atoms with Crippen molar-refractivity contribution in [3.05, 3.63) is 142 Å². The molecule has 16 nitrogen and oxygen atoms in total. The van der Waals surface area contributed by atoms with E-state index in [0.29, 0.717) is 23.8 Å². The summed E-state index contributed by atoms with van der Waals surface area (Å²) in [6.45, 7) is 4.12. The third-order valence-corrected chi connectivity index (χ3v) is 10.9. The molecule has 4 atom stereocenters. The zero-order valence-electron chi connectivity index (χ0n) is 34.7. The van der Waals surface area contributed by atoms with Gasteiger partial charge in [-0.15, -0.1) is 0 Å². The summed E-state index contributed by atoms with van der Waals surface area (Å²) < 4.78 is 17.9. The van der Waals surface area contributed by atoms with Gasteiger partial charge in [0, 0.05) is 59.5 Å². The fraction of sp³-hybridized carbons (Fsp3) is 0.255. The van der Waals surface area contributed by atoms with Crippen LogP contribution < -0.4 is 4.74 Å². The first-order valence-corrected chi connectivity index (χ1v) is 20.2. The Morgan fingerprint density at radius 2 is 1.41 bits per heavy atom. The van der Waals surface area contributed by atoms with E-state index < -0.39 is 58.7 Å². The summed E-state index contributed by atoms with van der Waals surface area (Å²) in [7, 11) is 2.22. The Labute approximate surface area is 372 Å². The second-order valence-electron chi connectivity index (χ2n) is 15.1. The molecule has 5 aromatic carbocycles. The highest BCUT2D eigenvalue weighted by atomic mass is 35.5. The molecule has 1 fully saturated rings. The molecule has 17 heteroatoms. The first kappa shape index (κ1) is 47.9. The molecule has 2 aliphatic heterocycles. The van der Waals surface area contributed by atoms with Gasteiger partial charge in [0.25, 0.3) is 0 Å². The molecular weight excluding hydrogens is 854 g/mol. The number of carboxylic acids is 2. The minimum absolute atomic E-state index is 0.0461. The van der Waals surface area contributed by atoms with Crippen molar-refractivity contribution in [2.24, 2.45) is 0 Å². The molecule has 0 aliphatic carbocycles. The van der Waals surface area contributed by atoms with Gasteiger partial charge in [-0.1, -0.05) is 60.1 Å².